The summed E-state index contributed by atoms with van der Waals surface area (Å²) < 4.78 is 37.3. The SMILES string of the molecule is CN(/C(O)=C(/C(=N)N)C(=O)N(C=O)CCCC(F)(F)F)C1CCC2(CC1)CC1(C2)C(=O)NC(=O)N1C. The van der Waals surface area contributed by atoms with Crippen LogP contribution in [0.2, 0.25) is 0 Å². The molecule has 3 rings (SSSR count). The van der Waals surface area contributed by atoms with Crippen LogP contribution in [0.1, 0.15) is 51.4 Å². The van der Waals surface area contributed by atoms with Gasteiger partial charge in [0, 0.05) is 33.1 Å². The summed E-state index contributed by atoms with van der Waals surface area (Å²) in [5.41, 5.74) is 3.89. The molecular formula is C22H31F3N6O5. The summed E-state index contributed by atoms with van der Waals surface area (Å²) in [6.45, 7) is -0.548. The minimum atomic E-state index is -4.45. The summed E-state index contributed by atoms with van der Waals surface area (Å²) in [5.74, 6) is -2.90. The van der Waals surface area contributed by atoms with Crippen LogP contribution in [-0.2, 0) is 14.4 Å². The number of hydrogen-bond acceptors (Lipinski definition) is 7. The average molecular weight is 517 g/mol. The van der Waals surface area contributed by atoms with E-state index in [1.165, 1.54) is 16.8 Å². The van der Waals surface area contributed by atoms with Crippen LogP contribution in [0.3, 0.4) is 0 Å². The highest BCUT2D eigenvalue weighted by Crippen LogP contribution is 2.60. The molecule has 11 nitrogen and oxygen atoms in total. The van der Waals surface area contributed by atoms with E-state index in [2.05, 4.69) is 5.32 Å². The smallest absolute Gasteiger partial charge is 0.389 e. The van der Waals surface area contributed by atoms with Crippen molar-refractivity contribution in [2.24, 2.45) is 11.1 Å². The van der Waals surface area contributed by atoms with Gasteiger partial charge in [-0.05, 0) is 50.4 Å². The Balaban J connectivity index is 1.66. The van der Waals surface area contributed by atoms with Gasteiger partial charge in [0.05, 0.1) is 0 Å². The summed E-state index contributed by atoms with van der Waals surface area (Å²) in [7, 11) is 3.10. The number of amidine groups is 1. The maximum absolute atomic E-state index is 12.8. The highest BCUT2D eigenvalue weighted by Gasteiger charge is 2.65. The molecule has 2 saturated carbocycles. The van der Waals surface area contributed by atoms with Crippen molar-refractivity contribution < 1.29 is 37.5 Å². The third-order valence-corrected chi connectivity index (χ3v) is 7.78. The molecule has 0 aromatic carbocycles. The van der Waals surface area contributed by atoms with Gasteiger partial charge < -0.3 is 20.6 Å². The number of rotatable bonds is 8. The van der Waals surface area contributed by atoms with E-state index in [1.807, 2.05) is 0 Å². The number of nitrogens with two attached hydrogens (primary N) is 1. The number of carbonyl (C=O) groups is 4. The van der Waals surface area contributed by atoms with Gasteiger partial charge in [-0.1, -0.05) is 0 Å². The van der Waals surface area contributed by atoms with Crippen LogP contribution in [0.5, 0.6) is 0 Å². The number of hydrogen-bond donors (Lipinski definition) is 4. The number of urea groups is 1. The van der Waals surface area contributed by atoms with Crippen LogP contribution in [0, 0.1) is 10.8 Å². The molecule has 5 N–H and O–H groups in total. The molecule has 0 bridgehead atoms. The standard InChI is InChI=1S/C22H31F3N6O5/c1-29(16(33)14(15(26)27)17(34)31(12-32)9-3-6-22(23,24)25)13-4-7-20(8-5-13)10-21(11-20)18(35)28-19(36)30(21)2/h12-13,33H,3-11H2,1-2H3,(H3,26,27)(H,28,35,36)/b16-14+. The zero-order valence-electron chi connectivity index (χ0n) is 20.2. The quantitative estimate of drug-likeness (QED) is 0.0952. The highest BCUT2D eigenvalue weighted by molar-refractivity contribution is 6.21. The van der Waals surface area contributed by atoms with Gasteiger partial charge in [0.2, 0.25) is 12.3 Å². The molecule has 36 heavy (non-hydrogen) atoms. The van der Waals surface area contributed by atoms with E-state index < -0.39 is 60.3 Å². The third kappa shape index (κ3) is 4.98. The summed E-state index contributed by atoms with van der Waals surface area (Å²) in [6.07, 6.45) is -2.49. The lowest BCUT2D eigenvalue weighted by atomic mass is 9.51. The normalized spacial score (nSPS) is 28.5. The average Bonchev–Trinajstić information content (AvgIpc) is 2.98. The lowest BCUT2D eigenvalue weighted by Crippen LogP contribution is -2.63. The van der Waals surface area contributed by atoms with Crippen molar-refractivity contribution in [3.8, 4) is 0 Å². The third-order valence-electron chi connectivity index (χ3n) is 7.78. The van der Waals surface area contributed by atoms with Crippen LogP contribution in [-0.4, -0.2) is 88.3 Å². The Bertz CT molecular complexity index is 981. The first-order valence-electron chi connectivity index (χ1n) is 11.6. The Morgan fingerprint density at radius 3 is 2.33 bits per heavy atom. The van der Waals surface area contributed by atoms with E-state index >= 15 is 0 Å². The molecule has 0 radical (unpaired) electrons. The molecule has 0 aromatic rings. The molecule has 2 spiro atoms. The number of aliphatic hydroxyl groups excluding tert-OH is 1. The Labute approximate surface area is 205 Å². The molecule has 3 aliphatic rings. The predicted molar refractivity (Wildman–Crippen MR) is 120 cm³/mol. The molecular weight excluding hydrogens is 485 g/mol. The second-order valence-electron chi connectivity index (χ2n) is 9.98. The monoisotopic (exact) mass is 516 g/mol. The first-order valence-corrected chi connectivity index (χ1v) is 11.6. The first-order chi connectivity index (χ1) is 16.7. The van der Waals surface area contributed by atoms with E-state index in [1.54, 1.807) is 7.05 Å². The zero-order valence-corrected chi connectivity index (χ0v) is 20.2. The van der Waals surface area contributed by atoms with Crippen molar-refractivity contribution in [2.75, 3.05) is 20.6 Å². The van der Waals surface area contributed by atoms with Crippen molar-refractivity contribution in [3.63, 3.8) is 0 Å². The lowest BCUT2D eigenvalue weighted by molar-refractivity contribution is -0.143. The molecule has 5 amide bonds. The van der Waals surface area contributed by atoms with Crippen LogP contribution in [0.15, 0.2) is 11.5 Å². The van der Waals surface area contributed by atoms with Crippen molar-refractivity contribution in [1.82, 2.24) is 20.0 Å². The molecule has 1 saturated heterocycles. The molecule has 0 aromatic heterocycles. The summed E-state index contributed by atoms with van der Waals surface area (Å²) in [4.78, 5) is 51.6. The Morgan fingerprint density at radius 1 is 1.31 bits per heavy atom. The summed E-state index contributed by atoms with van der Waals surface area (Å²) >= 11 is 0. The van der Waals surface area contributed by atoms with Gasteiger partial charge in [0.1, 0.15) is 16.9 Å². The van der Waals surface area contributed by atoms with Gasteiger partial charge in [-0.3, -0.25) is 30.0 Å². The number of amides is 5. The molecule has 200 valence electrons. The van der Waals surface area contributed by atoms with Gasteiger partial charge in [-0.15, -0.1) is 0 Å². The number of nitrogens with one attached hydrogen (secondary N) is 2. The summed E-state index contributed by atoms with van der Waals surface area (Å²) in [6, 6.07) is -0.663. The van der Waals surface area contributed by atoms with Crippen molar-refractivity contribution >= 4 is 30.1 Å². The predicted octanol–water partition coefficient (Wildman–Crippen LogP) is 1.59. The molecule has 3 fully saturated rings. The maximum Gasteiger partial charge on any atom is 0.389 e. The number of carbonyl (C=O) groups excluding carboxylic acids is 4. The Hall–Kier alpha value is -3.32. The van der Waals surface area contributed by atoms with E-state index in [0.29, 0.717) is 43.4 Å². The van der Waals surface area contributed by atoms with Crippen molar-refractivity contribution in [1.29, 1.82) is 5.41 Å². The van der Waals surface area contributed by atoms with E-state index in [9.17, 15) is 37.5 Å². The van der Waals surface area contributed by atoms with Gasteiger partial charge in [-0.25, -0.2) is 4.79 Å². The molecule has 2 aliphatic carbocycles. The molecule has 0 unspecified atom stereocenters. The van der Waals surface area contributed by atoms with Crippen molar-refractivity contribution in [2.45, 2.75) is 69.1 Å². The van der Waals surface area contributed by atoms with Crippen LogP contribution < -0.4 is 11.1 Å². The topological polar surface area (TPSA) is 160 Å². The summed E-state index contributed by atoms with van der Waals surface area (Å²) in [5, 5.41) is 20.9. The molecule has 0 atom stereocenters. The van der Waals surface area contributed by atoms with Gasteiger partial charge in [0.15, 0.2) is 0 Å². The fraction of sp³-hybridized carbons (Fsp3) is 0.682. The minimum Gasteiger partial charge on any atom is -0.494 e. The fourth-order valence-electron chi connectivity index (χ4n) is 5.66. The molecule has 1 heterocycles. The number of likely N-dealkylation sites (N-methyl/N-ethyl adjacent to an activating group) is 1. The number of nitrogens with zero attached hydrogens (tertiary/aromatic N) is 3. The van der Waals surface area contributed by atoms with E-state index in [0.717, 1.165) is 0 Å². The van der Waals surface area contributed by atoms with Crippen LogP contribution >= 0.6 is 0 Å². The second-order valence-corrected chi connectivity index (χ2v) is 9.98. The van der Waals surface area contributed by atoms with Crippen LogP contribution in [0.25, 0.3) is 0 Å². The molecule has 1 aliphatic heterocycles. The van der Waals surface area contributed by atoms with Crippen LogP contribution in [0.4, 0.5) is 18.0 Å². The van der Waals surface area contributed by atoms with Gasteiger partial charge in [0.25, 0.3) is 11.8 Å². The van der Waals surface area contributed by atoms with Crippen molar-refractivity contribution in [3.05, 3.63) is 11.5 Å². The Kier molecular flexibility index (Phi) is 7.29. The number of imide groups is 2. The van der Waals surface area contributed by atoms with E-state index in [-0.39, 0.29) is 23.8 Å². The lowest BCUT2D eigenvalue weighted by Gasteiger charge is -2.58. The number of halogens is 3. The second kappa shape index (κ2) is 9.62. The highest BCUT2D eigenvalue weighted by atomic mass is 19.4. The largest absolute Gasteiger partial charge is 0.494 e. The Morgan fingerprint density at radius 2 is 1.89 bits per heavy atom. The van der Waals surface area contributed by atoms with E-state index in [4.69, 9.17) is 11.1 Å². The molecule has 14 heteroatoms. The number of aliphatic hydroxyl groups is 1. The minimum absolute atomic E-state index is 0.0483. The number of alkyl halides is 3. The fourth-order valence-corrected chi connectivity index (χ4v) is 5.66. The van der Waals surface area contributed by atoms with Gasteiger partial charge in [-0.2, -0.15) is 13.2 Å². The zero-order chi connectivity index (χ0) is 27.1. The van der Waals surface area contributed by atoms with Gasteiger partial charge >= 0.3 is 12.2 Å². The first kappa shape index (κ1) is 27.3. The maximum atomic E-state index is 12.8.